The Balaban J connectivity index is 2.14. The first-order chi connectivity index (χ1) is 13.4. The number of aryl methyl sites for hydroxylation is 2. The number of methoxy groups -OCH3 is 2. The average Bonchev–Trinajstić information content (AvgIpc) is 2.92. The average molecular weight is 397 g/mol. The number of anilines is 1. The summed E-state index contributed by atoms with van der Waals surface area (Å²) in [6.07, 6.45) is 0. The van der Waals surface area contributed by atoms with Crippen molar-refractivity contribution in [2.75, 3.05) is 24.9 Å². The molecular formula is C22H23NO4S. The topological polar surface area (TPSA) is 55.8 Å². The minimum absolute atomic E-state index is 0.324. The summed E-state index contributed by atoms with van der Waals surface area (Å²) >= 11 is 1.39. The van der Waals surface area contributed by atoms with Crippen molar-refractivity contribution in [1.82, 2.24) is 0 Å². The van der Waals surface area contributed by atoms with E-state index in [9.17, 15) is 9.59 Å². The SMILES string of the molecule is CCSC1=C(c2ccc(C)cc2C)C(=O)N(c2ccc(OC)cc2OC)C1=O. The highest BCUT2D eigenvalue weighted by atomic mass is 32.2. The number of nitrogens with zero attached hydrogens (tertiary/aromatic N) is 1. The number of carbonyl (C=O) groups excluding carboxylic acids is 2. The molecule has 0 aliphatic carbocycles. The van der Waals surface area contributed by atoms with Crippen LogP contribution < -0.4 is 14.4 Å². The minimum atomic E-state index is -0.337. The Morgan fingerprint density at radius 2 is 1.71 bits per heavy atom. The Bertz CT molecular complexity index is 980. The van der Waals surface area contributed by atoms with E-state index in [-0.39, 0.29) is 11.8 Å². The predicted octanol–water partition coefficient (Wildman–Crippen LogP) is 4.36. The third-order valence-corrected chi connectivity index (χ3v) is 5.57. The van der Waals surface area contributed by atoms with Crippen LogP contribution in [-0.4, -0.2) is 31.8 Å². The lowest BCUT2D eigenvalue weighted by molar-refractivity contribution is -0.119. The number of benzene rings is 2. The molecule has 2 aromatic carbocycles. The standard InChI is InChI=1S/C22H23NO4S/c1-6-28-20-19(16-9-7-13(2)11-14(16)3)21(24)23(22(20)25)17-10-8-15(26-4)12-18(17)27-5/h7-12H,6H2,1-5H3. The highest BCUT2D eigenvalue weighted by Gasteiger charge is 2.41. The summed E-state index contributed by atoms with van der Waals surface area (Å²) in [4.78, 5) is 28.3. The molecule has 0 unspecified atom stereocenters. The molecule has 1 aliphatic heterocycles. The van der Waals surface area contributed by atoms with Gasteiger partial charge in [-0.25, -0.2) is 4.90 Å². The fraction of sp³-hybridized carbons (Fsp3) is 0.273. The second kappa shape index (κ2) is 8.10. The van der Waals surface area contributed by atoms with E-state index in [1.807, 2.05) is 39.0 Å². The fourth-order valence-corrected chi connectivity index (χ4v) is 4.15. The lowest BCUT2D eigenvalue weighted by atomic mass is 9.98. The molecule has 0 bridgehead atoms. The van der Waals surface area contributed by atoms with Crippen LogP contribution in [0.15, 0.2) is 41.3 Å². The summed E-state index contributed by atoms with van der Waals surface area (Å²) in [5.41, 5.74) is 3.72. The maximum Gasteiger partial charge on any atom is 0.272 e. The first-order valence-electron chi connectivity index (χ1n) is 8.98. The highest BCUT2D eigenvalue weighted by Crippen LogP contribution is 2.42. The largest absolute Gasteiger partial charge is 0.497 e. The molecule has 0 saturated carbocycles. The van der Waals surface area contributed by atoms with Crippen molar-refractivity contribution in [3.63, 3.8) is 0 Å². The van der Waals surface area contributed by atoms with Crippen molar-refractivity contribution in [2.24, 2.45) is 0 Å². The molecule has 1 heterocycles. The molecule has 0 atom stereocenters. The number of rotatable bonds is 6. The van der Waals surface area contributed by atoms with Crippen LogP contribution in [0.25, 0.3) is 5.57 Å². The van der Waals surface area contributed by atoms with E-state index in [4.69, 9.17) is 9.47 Å². The molecule has 0 spiro atoms. The summed E-state index contributed by atoms with van der Waals surface area (Å²) in [5, 5.41) is 0. The summed E-state index contributed by atoms with van der Waals surface area (Å²) < 4.78 is 10.6. The number of carbonyl (C=O) groups is 2. The van der Waals surface area contributed by atoms with E-state index in [2.05, 4.69) is 0 Å². The molecule has 3 rings (SSSR count). The zero-order valence-electron chi connectivity index (χ0n) is 16.7. The number of ether oxygens (including phenoxy) is 2. The van der Waals surface area contributed by atoms with E-state index >= 15 is 0 Å². The third kappa shape index (κ3) is 3.40. The Morgan fingerprint density at radius 1 is 0.964 bits per heavy atom. The third-order valence-electron chi connectivity index (χ3n) is 4.61. The molecule has 0 saturated heterocycles. The van der Waals surface area contributed by atoms with E-state index in [1.165, 1.54) is 23.8 Å². The van der Waals surface area contributed by atoms with Crippen LogP contribution in [0, 0.1) is 13.8 Å². The molecule has 6 heteroatoms. The van der Waals surface area contributed by atoms with Crippen LogP contribution in [0.3, 0.4) is 0 Å². The van der Waals surface area contributed by atoms with Gasteiger partial charge < -0.3 is 9.47 Å². The maximum atomic E-state index is 13.4. The van der Waals surface area contributed by atoms with Gasteiger partial charge in [-0.3, -0.25) is 9.59 Å². The van der Waals surface area contributed by atoms with E-state index in [0.717, 1.165) is 16.7 Å². The fourth-order valence-electron chi connectivity index (χ4n) is 3.31. The molecule has 2 amide bonds. The van der Waals surface area contributed by atoms with Crippen molar-refractivity contribution in [3.8, 4) is 11.5 Å². The number of imide groups is 1. The van der Waals surface area contributed by atoms with Gasteiger partial charge in [-0.2, -0.15) is 0 Å². The van der Waals surface area contributed by atoms with Gasteiger partial charge in [0.1, 0.15) is 11.5 Å². The molecular weight excluding hydrogens is 374 g/mol. The van der Waals surface area contributed by atoms with Crippen LogP contribution in [0.1, 0.15) is 23.6 Å². The lowest BCUT2D eigenvalue weighted by Crippen LogP contribution is -2.31. The summed E-state index contributed by atoms with van der Waals surface area (Å²) in [5.74, 6) is 1.02. The Kier molecular flexibility index (Phi) is 5.79. The molecule has 0 fully saturated rings. The van der Waals surface area contributed by atoms with Gasteiger partial charge in [0, 0.05) is 6.07 Å². The Hall–Kier alpha value is -2.73. The van der Waals surface area contributed by atoms with E-state index < -0.39 is 0 Å². The number of hydrogen-bond donors (Lipinski definition) is 0. The molecule has 146 valence electrons. The van der Waals surface area contributed by atoms with Crippen LogP contribution in [0.2, 0.25) is 0 Å². The van der Waals surface area contributed by atoms with Gasteiger partial charge in [-0.1, -0.05) is 30.7 Å². The monoisotopic (exact) mass is 397 g/mol. The van der Waals surface area contributed by atoms with Crippen molar-refractivity contribution in [2.45, 2.75) is 20.8 Å². The zero-order valence-corrected chi connectivity index (χ0v) is 17.5. The van der Waals surface area contributed by atoms with Crippen LogP contribution >= 0.6 is 11.8 Å². The van der Waals surface area contributed by atoms with Crippen molar-refractivity contribution < 1.29 is 19.1 Å². The van der Waals surface area contributed by atoms with Gasteiger partial charge >= 0.3 is 0 Å². The van der Waals surface area contributed by atoms with Crippen LogP contribution in [0.5, 0.6) is 11.5 Å². The van der Waals surface area contributed by atoms with Gasteiger partial charge in [0.2, 0.25) is 0 Å². The maximum absolute atomic E-state index is 13.4. The highest BCUT2D eigenvalue weighted by molar-refractivity contribution is 8.04. The second-order valence-electron chi connectivity index (χ2n) is 6.44. The van der Waals surface area contributed by atoms with Gasteiger partial charge in [-0.05, 0) is 42.9 Å². The predicted molar refractivity (Wildman–Crippen MR) is 113 cm³/mol. The number of thioether (sulfide) groups is 1. The van der Waals surface area contributed by atoms with Gasteiger partial charge in [0.15, 0.2) is 0 Å². The normalized spacial score (nSPS) is 14.1. The first-order valence-corrected chi connectivity index (χ1v) is 9.97. The Morgan fingerprint density at radius 3 is 2.32 bits per heavy atom. The second-order valence-corrected chi connectivity index (χ2v) is 7.71. The van der Waals surface area contributed by atoms with Gasteiger partial charge in [-0.15, -0.1) is 11.8 Å². The van der Waals surface area contributed by atoms with Crippen molar-refractivity contribution >= 4 is 34.8 Å². The molecule has 0 radical (unpaired) electrons. The molecule has 1 aliphatic rings. The summed E-state index contributed by atoms with van der Waals surface area (Å²) in [6.45, 7) is 5.92. The molecule has 0 aromatic heterocycles. The summed E-state index contributed by atoms with van der Waals surface area (Å²) in [6, 6.07) is 10.9. The van der Waals surface area contributed by atoms with E-state index in [0.29, 0.717) is 33.4 Å². The summed E-state index contributed by atoms with van der Waals surface area (Å²) in [7, 11) is 3.06. The number of hydrogen-bond acceptors (Lipinski definition) is 5. The molecule has 0 N–H and O–H groups in total. The quantitative estimate of drug-likeness (QED) is 0.678. The minimum Gasteiger partial charge on any atom is -0.497 e. The van der Waals surface area contributed by atoms with Gasteiger partial charge in [0.05, 0.1) is 30.4 Å². The Labute approximate surface area is 169 Å². The van der Waals surface area contributed by atoms with Crippen LogP contribution in [-0.2, 0) is 9.59 Å². The van der Waals surface area contributed by atoms with E-state index in [1.54, 1.807) is 25.3 Å². The van der Waals surface area contributed by atoms with Crippen molar-refractivity contribution in [3.05, 3.63) is 58.0 Å². The van der Waals surface area contributed by atoms with Gasteiger partial charge in [0.25, 0.3) is 11.8 Å². The lowest BCUT2D eigenvalue weighted by Gasteiger charge is -2.19. The molecule has 28 heavy (non-hydrogen) atoms. The van der Waals surface area contributed by atoms with Crippen LogP contribution in [0.4, 0.5) is 5.69 Å². The number of amides is 2. The first kappa shape index (κ1) is 20.0. The zero-order chi connectivity index (χ0) is 20.4. The molecule has 2 aromatic rings. The van der Waals surface area contributed by atoms with Crippen molar-refractivity contribution in [1.29, 1.82) is 0 Å². The smallest absolute Gasteiger partial charge is 0.272 e. The molecule has 5 nitrogen and oxygen atoms in total.